The van der Waals surface area contributed by atoms with Gasteiger partial charge in [0.2, 0.25) is 0 Å². The first-order valence-corrected chi connectivity index (χ1v) is 7.09. The number of carboxylic acid groups (broad SMARTS) is 1. The summed E-state index contributed by atoms with van der Waals surface area (Å²) in [7, 11) is 0. The molecule has 1 aromatic carbocycles. The molecule has 4 heteroatoms. The van der Waals surface area contributed by atoms with Gasteiger partial charge in [-0.15, -0.1) is 0 Å². The van der Waals surface area contributed by atoms with Gasteiger partial charge in [0.25, 0.3) is 0 Å². The normalized spacial score (nSPS) is 10.3. The number of hydrogen-bond donors (Lipinski definition) is 1. The predicted molar refractivity (Wildman–Crippen MR) is 83.3 cm³/mol. The number of carboxylic acids is 1. The van der Waals surface area contributed by atoms with Crippen LogP contribution in [0.25, 0.3) is 0 Å². The Bertz CT molecular complexity index is 584. The number of para-hydroxylation sites is 1. The molecule has 2 rings (SSSR count). The third kappa shape index (κ3) is 4.60. The quantitative estimate of drug-likeness (QED) is 0.848. The first-order valence-electron chi connectivity index (χ1n) is 7.09. The van der Waals surface area contributed by atoms with Crippen LogP contribution >= 0.6 is 0 Å². The fraction of sp³-hybridized carbons (Fsp3) is 0.294. The van der Waals surface area contributed by atoms with Gasteiger partial charge < -0.3 is 10.0 Å². The lowest BCUT2D eigenvalue weighted by Crippen LogP contribution is -2.25. The van der Waals surface area contributed by atoms with E-state index >= 15 is 0 Å². The van der Waals surface area contributed by atoms with Crippen molar-refractivity contribution < 1.29 is 9.90 Å². The zero-order chi connectivity index (χ0) is 15.1. The van der Waals surface area contributed by atoms with E-state index in [0.717, 1.165) is 16.9 Å². The van der Waals surface area contributed by atoms with Crippen LogP contribution in [0.2, 0.25) is 0 Å². The molecule has 0 aliphatic carbocycles. The Morgan fingerprint density at radius 1 is 1.19 bits per heavy atom. The van der Waals surface area contributed by atoms with E-state index in [4.69, 9.17) is 5.11 Å². The maximum absolute atomic E-state index is 10.7. The van der Waals surface area contributed by atoms with Crippen LogP contribution < -0.4 is 4.90 Å². The molecule has 0 saturated carbocycles. The second kappa shape index (κ2) is 7.43. The first-order chi connectivity index (χ1) is 10.2. The molecule has 0 saturated heterocycles. The van der Waals surface area contributed by atoms with Crippen LogP contribution in [-0.4, -0.2) is 22.6 Å². The Balaban J connectivity index is 2.12. The summed E-state index contributed by atoms with van der Waals surface area (Å²) in [5, 5.41) is 8.80. The molecule has 110 valence electrons. The lowest BCUT2D eigenvalue weighted by molar-refractivity contribution is -0.137. The van der Waals surface area contributed by atoms with Crippen LogP contribution in [0.3, 0.4) is 0 Å². The van der Waals surface area contributed by atoms with Crippen molar-refractivity contribution in [2.75, 3.05) is 11.4 Å². The molecular weight excluding hydrogens is 264 g/mol. The van der Waals surface area contributed by atoms with Crippen LogP contribution in [0.5, 0.6) is 0 Å². The van der Waals surface area contributed by atoms with Gasteiger partial charge in [-0.3, -0.25) is 9.78 Å². The van der Waals surface area contributed by atoms with Crippen molar-refractivity contribution in [3.05, 3.63) is 59.9 Å². The summed E-state index contributed by atoms with van der Waals surface area (Å²) in [5.41, 5.74) is 3.27. The Morgan fingerprint density at radius 3 is 2.62 bits per heavy atom. The van der Waals surface area contributed by atoms with Crippen molar-refractivity contribution in [3.63, 3.8) is 0 Å². The molecule has 2 aromatic rings. The third-order valence-corrected chi connectivity index (χ3v) is 3.40. The highest BCUT2D eigenvalue weighted by molar-refractivity contribution is 5.66. The zero-order valence-electron chi connectivity index (χ0n) is 12.2. The fourth-order valence-electron chi connectivity index (χ4n) is 2.22. The maximum Gasteiger partial charge on any atom is 0.303 e. The van der Waals surface area contributed by atoms with Crippen molar-refractivity contribution in [3.8, 4) is 0 Å². The Labute approximate surface area is 125 Å². The number of anilines is 1. The summed E-state index contributed by atoms with van der Waals surface area (Å²) in [5.74, 6) is -0.753. The molecule has 0 aliphatic heterocycles. The third-order valence-electron chi connectivity index (χ3n) is 3.40. The summed E-state index contributed by atoms with van der Waals surface area (Å²) in [6, 6.07) is 14.0. The van der Waals surface area contributed by atoms with Gasteiger partial charge >= 0.3 is 5.97 Å². The van der Waals surface area contributed by atoms with Gasteiger partial charge in [0, 0.05) is 24.8 Å². The molecule has 0 radical (unpaired) electrons. The average molecular weight is 284 g/mol. The highest BCUT2D eigenvalue weighted by Gasteiger charge is 2.10. The molecule has 1 aromatic heterocycles. The van der Waals surface area contributed by atoms with Crippen LogP contribution in [0, 0.1) is 6.92 Å². The SMILES string of the molecule is Cc1cccnc1CN(CCCC(=O)O)c1ccccc1. The van der Waals surface area contributed by atoms with E-state index in [0.29, 0.717) is 19.5 Å². The van der Waals surface area contributed by atoms with Gasteiger partial charge in [0.15, 0.2) is 0 Å². The minimum atomic E-state index is -0.753. The molecule has 0 amide bonds. The number of aromatic nitrogens is 1. The molecule has 0 spiro atoms. The van der Waals surface area contributed by atoms with Crippen molar-refractivity contribution in [1.29, 1.82) is 0 Å². The molecule has 1 heterocycles. The van der Waals surface area contributed by atoms with E-state index in [2.05, 4.69) is 9.88 Å². The summed E-state index contributed by atoms with van der Waals surface area (Å²) < 4.78 is 0. The fourth-order valence-corrected chi connectivity index (χ4v) is 2.22. The van der Waals surface area contributed by atoms with E-state index in [1.165, 1.54) is 0 Å². The predicted octanol–water partition coefficient (Wildman–Crippen LogP) is 3.26. The number of pyridine rings is 1. The summed E-state index contributed by atoms with van der Waals surface area (Å²) in [6.45, 7) is 3.44. The van der Waals surface area contributed by atoms with E-state index in [-0.39, 0.29) is 6.42 Å². The van der Waals surface area contributed by atoms with E-state index in [1.54, 1.807) is 6.20 Å². The standard InChI is InChI=1S/C17H20N2O2/c1-14-7-5-11-18-16(14)13-19(12-6-10-17(20)21)15-8-3-2-4-9-15/h2-5,7-9,11H,6,10,12-13H2,1H3,(H,20,21). The van der Waals surface area contributed by atoms with Crippen LogP contribution in [0.4, 0.5) is 5.69 Å². The Morgan fingerprint density at radius 2 is 1.95 bits per heavy atom. The summed E-state index contributed by atoms with van der Waals surface area (Å²) in [4.78, 5) is 17.3. The van der Waals surface area contributed by atoms with Gasteiger partial charge in [-0.2, -0.15) is 0 Å². The van der Waals surface area contributed by atoms with Crippen molar-refractivity contribution >= 4 is 11.7 Å². The van der Waals surface area contributed by atoms with Crippen LogP contribution in [-0.2, 0) is 11.3 Å². The minimum Gasteiger partial charge on any atom is -0.481 e. The molecule has 21 heavy (non-hydrogen) atoms. The van der Waals surface area contributed by atoms with E-state index in [1.807, 2.05) is 49.4 Å². The minimum absolute atomic E-state index is 0.185. The van der Waals surface area contributed by atoms with Gasteiger partial charge in [-0.05, 0) is 37.1 Å². The zero-order valence-corrected chi connectivity index (χ0v) is 12.2. The molecule has 4 nitrogen and oxygen atoms in total. The highest BCUT2D eigenvalue weighted by atomic mass is 16.4. The van der Waals surface area contributed by atoms with Gasteiger partial charge in [0.05, 0.1) is 12.2 Å². The average Bonchev–Trinajstić information content (AvgIpc) is 2.49. The summed E-state index contributed by atoms with van der Waals surface area (Å²) >= 11 is 0. The molecule has 0 bridgehead atoms. The number of benzene rings is 1. The largest absolute Gasteiger partial charge is 0.481 e. The van der Waals surface area contributed by atoms with Crippen molar-refractivity contribution in [1.82, 2.24) is 4.98 Å². The number of nitrogens with zero attached hydrogens (tertiary/aromatic N) is 2. The number of aliphatic carboxylic acids is 1. The maximum atomic E-state index is 10.7. The Hall–Kier alpha value is -2.36. The second-order valence-corrected chi connectivity index (χ2v) is 5.02. The van der Waals surface area contributed by atoms with Gasteiger partial charge in [-0.1, -0.05) is 24.3 Å². The number of hydrogen-bond acceptors (Lipinski definition) is 3. The monoisotopic (exact) mass is 284 g/mol. The molecule has 0 aliphatic rings. The molecule has 1 N–H and O–H groups in total. The van der Waals surface area contributed by atoms with Gasteiger partial charge in [-0.25, -0.2) is 0 Å². The number of carbonyl (C=O) groups is 1. The first kappa shape index (κ1) is 15.0. The molecule has 0 fully saturated rings. The molecular formula is C17H20N2O2. The lowest BCUT2D eigenvalue weighted by atomic mass is 10.2. The molecule has 0 atom stereocenters. The molecule has 0 unspecified atom stereocenters. The highest BCUT2D eigenvalue weighted by Crippen LogP contribution is 2.18. The van der Waals surface area contributed by atoms with Crippen molar-refractivity contribution in [2.45, 2.75) is 26.3 Å². The smallest absolute Gasteiger partial charge is 0.303 e. The van der Waals surface area contributed by atoms with Crippen LogP contribution in [0.1, 0.15) is 24.1 Å². The topological polar surface area (TPSA) is 53.4 Å². The number of aryl methyl sites for hydroxylation is 1. The van der Waals surface area contributed by atoms with E-state index in [9.17, 15) is 4.79 Å². The van der Waals surface area contributed by atoms with Crippen LogP contribution in [0.15, 0.2) is 48.7 Å². The Kier molecular flexibility index (Phi) is 5.32. The van der Waals surface area contributed by atoms with Gasteiger partial charge in [0.1, 0.15) is 0 Å². The lowest BCUT2D eigenvalue weighted by Gasteiger charge is -2.25. The summed E-state index contributed by atoms with van der Waals surface area (Å²) in [6.07, 6.45) is 2.60. The number of rotatable bonds is 7. The van der Waals surface area contributed by atoms with E-state index < -0.39 is 5.97 Å². The van der Waals surface area contributed by atoms with Crippen molar-refractivity contribution in [2.24, 2.45) is 0 Å². The second-order valence-electron chi connectivity index (χ2n) is 5.02.